The summed E-state index contributed by atoms with van der Waals surface area (Å²) >= 11 is 0. The number of β-amino-alcohol motifs (C(OH)–C–C–N with tert-alkyl or cyclic N) is 2. The lowest BCUT2D eigenvalue weighted by molar-refractivity contribution is -0.158. The van der Waals surface area contributed by atoms with Crippen molar-refractivity contribution in [3.63, 3.8) is 0 Å². The van der Waals surface area contributed by atoms with Gasteiger partial charge in [-0.05, 0) is 55.5 Å². The molecule has 0 bridgehead atoms. The zero-order valence-electron chi connectivity index (χ0n) is 20.0. The van der Waals surface area contributed by atoms with E-state index < -0.39 is 64.6 Å². The van der Waals surface area contributed by atoms with E-state index in [1.807, 2.05) is 5.32 Å². The normalized spacial score (nSPS) is 20.7. The number of carbonyl (C=O) groups excluding carboxylic acids is 1. The molecule has 0 spiro atoms. The lowest BCUT2D eigenvalue weighted by Gasteiger charge is -2.22. The summed E-state index contributed by atoms with van der Waals surface area (Å²) in [6, 6.07) is 2.46. The minimum Gasteiger partial charge on any atom is -0.389 e. The number of benzene rings is 1. The highest BCUT2D eigenvalue weighted by atomic mass is 19.4. The molecule has 202 valence electrons. The second-order valence-electron chi connectivity index (χ2n) is 9.73. The van der Waals surface area contributed by atoms with Gasteiger partial charge < -0.3 is 20.4 Å². The number of aryl methyl sites for hydroxylation is 1. The lowest BCUT2D eigenvalue weighted by Crippen LogP contribution is -2.48. The summed E-state index contributed by atoms with van der Waals surface area (Å²) in [5, 5.41) is 21.4. The SMILES string of the molecule is Cc1cc(F)c(-n2cc(C(=O)N[C@@H](C3CC3)C(F)(F)F)c(=O)c3ccc(N4C[C@@H](O)[C@H](O)C4)nc32)c(F)c1. The highest BCUT2D eigenvalue weighted by molar-refractivity contribution is 5.97. The lowest BCUT2D eigenvalue weighted by atomic mass is 10.1. The summed E-state index contributed by atoms with van der Waals surface area (Å²) in [7, 11) is 0. The highest BCUT2D eigenvalue weighted by Crippen LogP contribution is 2.40. The van der Waals surface area contributed by atoms with E-state index >= 15 is 8.78 Å². The quantitative estimate of drug-likeness (QED) is 0.431. The van der Waals surface area contributed by atoms with Gasteiger partial charge in [0.1, 0.15) is 23.1 Å². The van der Waals surface area contributed by atoms with Crippen molar-refractivity contribution in [2.75, 3.05) is 18.0 Å². The molecule has 1 saturated carbocycles. The number of hydrogen-bond acceptors (Lipinski definition) is 6. The van der Waals surface area contributed by atoms with E-state index in [1.165, 1.54) is 24.0 Å². The molecule has 3 atom stereocenters. The number of aromatic nitrogens is 2. The van der Waals surface area contributed by atoms with Crippen molar-refractivity contribution in [3.8, 4) is 5.69 Å². The number of aliphatic hydroxyl groups excluding tert-OH is 2. The molecule has 38 heavy (non-hydrogen) atoms. The largest absolute Gasteiger partial charge is 0.408 e. The summed E-state index contributed by atoms with van der Waals surface area (Å²) in [5.74, 6) is -4.09. The van der Waals surface area contributed by atoms with Crippen LogP contribution in [-0.2, 0) is 0 Å². The van der Waals surface area contributed by atoms with Gasteiger partial charge >= 0.3 is 6.18 Å². The number of amides is 1. The maximum atomic E-state index is 15.1. The number of rotatable bonds is 5. The van der Waals surface area contributed by atoms with Gasteiger partial charge in [-0.15, -0.1) is 0 Å². The number of alkyl halides is 3. The van der Waals surface area contributed by atoms with Gasteiger partial charge in [-0.3, -0.25) is 14.2 Å². The van der Waals surface area contributed by atoms with Crippen LogP contribution in [0.4, 0.5) is 27.8 Å². The van der Waals surface area contributed by atoms with E-state index in [4.69, 9.17) is 0 Å². The van der Waals surface area contributed by atoms with E-state index in [0.717, 1.165) is 22.9 Å². The summed E-state index contributed by atoms with van der Waals surface area (Å²) in [6.07, 6.45) is -5.58. The Hall–Kier alpha value is -3.58. The molecule has 1 saturated heterocycles. The number of nitrogens with zero attached hydrogens (tertiary/aromatic N) is 3. The van der Waals surface area contributed by atoms with Gasteiger partial charge in [-0.1, -0.05) is 0 Å². The molecule has 2 aromatic heterocycles. The molecule has 1 aliphatic carbocycles. The van der Waals surface area contributed by atoms with Crippen LogP contribution in [0.5, 0.6) is 0 Å². The minimum atomic E-state index is -4.75. The van der Waals surface area contributed by atoms with Gasteiger partial charge in [0.25, 0.3) is 5.91 Å². The number of fused-ring (bicyclic) bond motifs is 1. The number of aliphatic hydroxyl groups is 2. The maximum absolute atomic E-state index is 15.1. The van der Waals surface area contributed by atoms with Gasteiger partial charge in [-0.2, -0.15) is 13.2 Å². The van der Waals surface area contributed by atoms with Crippen molar-refractivity contribution in [2.24, 2.45) is 5.92 Å². The van der Waals surface area contributed by atoms with E-state index in [-0.39, 0.29) is 48.3 Å². The van der Waals surface area contributed by atoms with E-state index in [1.54, 1.807) is 0 Å². The molecule has 2 aliphatic rings. The summed E-state index contributed by atoms with van der Waals surface area (Å²) in [5.41, 5.74) is -2.42. The first-order chi connectivity index (χ1) is 17.8. The molecule has 2 fully saturated rings. The van der Waals surface area contributed by atoms with Crippen LogP contribution in [0.3, 0.4) is 0 Å². The molecule has 0 unspecified atom stereocenters. The Morgan fingerprint density at radius 3 is 2.26 bits per heavy atom. The van der Waals surface area contributed by atoms with Gasteiger partial charge in [0.2, 0.25) is 5.43 Å². The highest BCUT2D eigenvalue weighted by Gasteiger charge is 2.50. The molecule has 5 rings (SSSR count). The standard InChI is InChI=1S/C25H23F5N4O4/c1-11-6-15(26)20(16(27)7-11)34-8-14(24(38)32-22(12-2-3-12)25(28,29)30)21(37)13-4-5-19(31-23(13)34)33-9-17(35)18(36)10-33/h4-8,12,17-18,22,35-36H,2-3,9-10H2,1H3,(H,32,38)/t17-,18-,22+/m1/s1. The predicted molar refractivity (Wildman–Crippen MR) is 126 cm³/mol. The fraction of sp³-hybridized carbons (Fsp3) is 0.400. The maximum Gasteiger partial charge on any atom is 0.408 e. The Bertz CT molecular complexity index is 1450. The van der Waals surface area contributed by atoms with Crippen molar-refractivity contribution in [3.05, 3.63) is 63.4 Å². The first-order valence-corrected chi connectivity index (χ1v) is 11.9. The van der Waals surface area contributed by atoms with Crippen LogP contribution in [-0.4, -0.2) is 63.2 Å². The molecule has 1 aromatic carbocycles. The van der Waals surface area contributed by atoms with Crippen LogP contribution in [0.25, 0.3) is 16.7 Å². The Morgan fingerprint density at radius 2 is 1.71 bits per heavy atom. The van der Waals surface area contributed by atoms with Crippen LogP contribution in [0, 0.1) is 24.5 Å². The number of hydrogen-bond donors (Lipinski definition) is 3. The minimum absolute atomic E-state index is 0.00234. The molecule has 3 aromatic rings. The molecular formula is C25H23F5N4O4. The molecule has 8 nitrogen and oxygen atoms in total. The smallest absolute Gasteiger partial charge is 0.389 e. The van der Waals surface area contributed by atoms with E-state index in [2.05, 4.69) is 4.98 Å². The summed E-state index contributed by atoms with van der Waals surface area (Å²) < 4.78 is 71.5. The van der Waals surface area contributed by atoms with Gasteiger partial charge in [0, 0.05) is 19.3 Å². The second kappa shape index (κ2) is 9.31. The summed E-state index contributed by atoms with van der Waals surface area (Å²) in [6.45, 7) is 1.45. The molecule has 0 radical (unpaired) electrons. The van der Waals surface area contributed by atoms with Gasteiger partial charge in [0.05, 0.1) is 17.6 Å². The average molecular weight is 538 g/mol. The van der Waals surface area contributed by atoms with Crippen LogP contribution in [0.2, 0.25) is 0 Å². The van der Waals surface area contributed by atoms with E-state index in [0.29, 0.717) is 0 Å². The van der Waals surface area contributed by atoms with E-state index in [9.17, 15) is 33.0 Å². The molecule has 3 heterocycles. The second-order valence-corrected chi connectivity index (χ2v) is 9.73. The fourth-order valence-corrected chi connectivity index (χ4v) is 4.70. The average Bonchev–Trinajstić information content (AvgIpc) is 3.61. The topological polar surface area (TPSA) is 108 Å². The van der Waals surface area contributed by atoms with Crippen molar-refractivity contribution in [1.29, 1.82) is 0 Å². The number of pyridine rings is 2. The first-order valence-electron chi connectivity index (χ1n) is 11.9. The fourth-order valence-electron chi connectivity index (χ4n) is 4.70. The molecule has 13 heteroatoms. The van der Waals surface area contributed by atoms with Crippen LogP contribution in [0.1, 0.15) is 28.8 Å². The van der Waals surface area contributed by atoms with Crippen molar-refractivity contribution < 1.29 is 37.0 Å². The monoisotopic (exact) mass is 538 g/mol. The molecule has 1 aliphatic heterocycles. The van der Waals surface area contributed by atoms with Crippen LogP contribution < -0.4 is 15.6 Å². The zero-order valence-corrected chi connectivity index (χ0v) is 20.0. The van der Waals surface area contributed by atoms with Crippen LogP contribution in [0.15, 0.2) is 35.3 Å². The zero-order chi connectivity index (χ0) is 27.5. The Balaban J connectivity index is 1.68. The molecule has 1 amide bonds. The molecule has 3 N–H and O–H groups in total. The first kappa shape index (κ1) is 26.0. The third-order valence-electron chi connectivity index (χ3n) is 6.80. The Kier molecular flexibility index (Phi) is 6.38. The van der Waals surface area contributed by atoms with Crippen LogP contribution >= 0.6 is 0 Å². The number of anilines is 1. The molecular weight excluding hydrogens is 515 g/mol. The third-order valence-corrected chi connectivity index (χ3v) is 6.80. The Morgan fingerprint density at radius 1 is 1.11 bits per heavy atom. The Labute approximate surface area is 212 Å². The third kappa shape index (κ3) is 4.71. The van der Waals surface area contributed by atoms with Crippen molar-refractivity contribution >= 4 is 22.8 Å². The number of halogens is 5. The van der Waals surface area contributed by atoms with Crippen molar-refractivity contribution in [2.45, 2.75) is 44.2 Å². The van der Waals surface area contributed by atoms with Gasteiger partial charge in [0.15, 0.2) is 17.3 Å². The van der Waals surface area contributed by atoms with Gasteiger partial charge in [-0.25, -0.2) is 13.8 Å². The number of carbonyl (C=O) groups is 1. The predicted octanol–water partition coefficient (Wildman–Crippen LogP) is 2.58. The summed E-state index contributed by atoms with van der Waals surface area (Å²) in [4.78, 5) is 32.0. The van der Waals surface area contributed by atoms with Crippen molar-refractivity contribution in [1.82, 2.24) is 14.9 Å². The number of nitrogens with one attached hydrogen (secondary N) is 1.